The van der Waals surface area contributed by atoms with Crippen LogP contribution < -0.4 is 0 Å². The second-order valence-electron chi connectivity index (χ2n) is 9.51. The Morgan fingerprint density at radius 2 is 1.65 bits per heavy atom. The number of nitrogens with zero attached hydrogens (tertiary/aromatic N) is 1. The van der Waals surface area contributed by atoms with Crippen LogP contribution >= 0.6 is 0 Å². The SMILES string of the molecule is C=[N+]1C=C([Si](C)(C)C)C(C(C)C(C)C)=C[C-]1c1ccc(C(C)C)cc1C. The summed E-state index contributed by atoms with van der Waals surface area (Å²) in [5, 5.41) is 1.54. The van der Waals surface area contributed by atoms with Gasteiger partial charge in [-0.15, -0.1) is 6.07 Å². The molecular weight excluding hydrogens is 330 g/mol. The largest absolute Gasteiger partial charge is 0.255 e. The van der Waals surface area contributed by atoms with Crippen LogP contribution in [0.25, 0.3) is 0 Å². The molecule has 26 heavy (non-hydrogen) atoms. The van der Waals surface area contributed by atoms with E-state index in [0.29, 0.717) is 17.8 Å². The van der Waals surface area contributed by atoms with Crippen molar-refractivity contribution in [3.8, 4) is 0 Å². The summed E-state index contributed by atoms with van der Waals surface area (Å²) in [6.07, 6.45) is 4.73. The van der Waals surface area contributed by atoms with Crippen LogP contribution in [0.3, 0.4) is 0 Å². The van der Waals surface area contributed by atoms with Crippen molar-refractivity contribution in [2.75, 3.05) is 0 Å². The zero-order valence-electron chi connectivity index (χ0n) is 18.3. The van der Waals surface area contributed by atoms with Gasteiger partial charge in [-0.25, -0.2) is 0 Å². The summed E-state index contributed by atoms with van der Waals surface area (Å²) in [6, 6.07) is 8.10. The van der Waals surface area contributed by atoms with Gasteiger partial charge in [0.15, 0.2) is 0 Å². The lowest BCUT2D eigenvalue weighted by Gasteiger charge is -2.35. The number of allylic oxidation sites excluding steroid dienone is 2. The lowest BCUT2D eigenvalue weighted by atomic mass is 9.85. The van der Waals surface area contributed by atoms with Crippen LogP contribution in [0, 0.1) is 24.8 Å². The Morgan fingerprint density at radius 1 is 1.04 bits per heavy atom. The minimum Gasteiger partial charge on any atom is -0.255 e. The van der Waals surface area contributed by atoms with E-state index in [2.05, 4.69) is 103 Å². The first-order valence-corrected chi connectivity index (χ1v) is 13.4. The van der Waals surface area contributed by atoms with Gasteiger partial charge in [0.05, 0.1) is 14.8 Å². The average Bonchev–Trinajstić information content (AvgIpc) is 2.53. The van der Waals surface area contributed by atoms with Crippen molar-refractivity contribution < 1.29 is 4.58 Å². The summed E-state index contributed by atoms with van der Waals surface area (Å²) < 4.78 is 2.10. The van der Waals surface area contributed by atoms with E-state index in [1.165, 1.54) is 33.5 Å². The molecule has 1 aromatic rings. The lowest BCUT2D eigenvalue weighted by Crippen LogP contribution is -2.33. The molecule has 2 heteroatoms. The molecule has 1 nitrogen and oxygen atoms in total. The summed E-state index contributed by atoms with van der Waals surface area (Å²) in [4.78, 5) is 0. The number of hydrogen-bond donors (Lipinski definition) is 0. The van der Waals surface area contributed by atoms with E-state index >= 15 is 0 Å². The predicted molar refractivity (Wildman–Crippen MR) is 119 cm³/mol. The first-order valence-electron chi connectivity index (χ1n) is 9.95. The Morgan fingerprint density at radius 3 is 2.12 bits per heavy atom. The normalized spacial score (nSPS) is 16.9. The fraction of sp³-hybridized carbons (Fsp3) is 0.500. The average molecular weight is 368 g/mol. The van der Waals surface area contributed by atoms with E-state index in [9.17, 15) is 0 Å². The smallest absolute Gasteiger partial charge is 0.147 e. The van der Waals surface area contributed by atoms with Crippen molar-refractivity contribution in [1.82, 2.24) is 0 Å². The maximum absolute atomic E-state index is 4.35. The summed E-state index contributed by atoms with van der Waals surface area (Å²) in [5.41, 5.74) is 5.54. The molecule has 0 aliphatic carbocycles. The predicted octanol–water partition coefficient (Wildman–Crippen LogP) is 6.71. The number of rotatable bonds is 5. The van der Waals surface area contributed by atoms with Gasteiger partial charge in [0, 0.05) is 0 Å². The Bertz CT molecular complexity index is 744. The molecule has 142 valence electrons. The van der Waals surface area contributed by atoms with E-state index < -0.39 is 8.07 Å². The highest BCUT2D eigenvalue weighted by molar-refractivity contribution is 6.84. The molecule has 0 bridgehead atoms. The van der Waals surface area contributed by atoms with Gasteiger partial charge in [-0.3, -0.25) is 4.58 Å². The maximum atomic E-state index is 4.35. The van der Waals surface area contributed by atoms with Crippen LogP contribution in [-0.4, -0.2) is 19.4 Å². The molecule has 1 aliphatic heterocycles. The second kappa shape index (κ2) is 7.60. The lowest BCUT2D eigenvalue weighted by molar-refractivity contribution is -0.418. The zero-order chi connectivity index (χ0) is 19.8. The summed E-state index contributed by atoms with van der Waals surface area (Å²) in [6.45, 7) is 25.4. The van der Waals surface area contributed by atoms with E-state index in [0.717, 1.165) is 0 Å². The zero-order valence-corrected chi connectivity index (χ0v) is 19.3. The first kappa shape index (κ1) is 20.8. The molecule has 0 N–H and O–H groups in total. The third-order valence-electron chi connectivity index (χ3n) is 5.69. The maximum Gasteiger partial charge on any atom is 0.147 e. The number of aryl methyl sites for hydroxylation is 1. The molecule has 0 saturated heterocycles. The second-order valence-corrected chi connectivity index (χ2v) is 14.5. The third-order valence-corrected chi connectivity index (χ3v) is 7.72. The van der Waals surface area contributed by atoms with Crippen molar-refractivity contribution in [3.63, 3.8) is 0 Å². The first-order chi connectivity index (χ1) is 11.9. The molecule has 0 radical (unpaired) electrons. The fourth-order valence-electron chi connectivity index (χ4n) is 3.54. The van der Waals surface area contributed by atoms with Crippen LogP contribution in [0.2, 0.25) is 19.6 Å². The monoisotopic (exact) mass is 367 g/mol. The van der Waals surface area contributed by atoms with Crippen molar-refractivity contribution >= 4 is 14.8 Å². The van der Waals surface area contributed by atoms with Crippen LogP contribution in [0.1, 0.15) is 57.2 Å². The minimum absolute atomic E-state index is 0.548. The van der Waals surface area contributed by atoms with Gasteiger partial charge in [0.25, 0.3) is 0 Å². The molecule has 0 aromatic heterocycles. The molecular formula is C24H37NSi. The molecule has 2 rings (SSSR count). The van der Waals surface area contributed by atoms with Crippen molar-refractivity contribution in [3.05, 3.63) is 64.0 Å². The van der Waals surface area contributed by atoms with Crippen molar-refractivity contribution in [1.29, 1.82) is 0 Å². The van der Waals surface area contributed by atoms with E-state index in [1.54, 1.807) is 0 Å². The van der Waals surface area contributed by atoms with Crippen molar-refractivity contribution in [2.45, 2.75) is 67.1 Å². The fourth-order valence-corrected chi connectivity index (χ4v) is 5.25. The van der Waals surface area contributed by atoms with Gasteiger partial charge in [-0.1, -0.05) is 90.0 Å². The molecule has 1 aromatic carbocycles. The topological polar surface area (TPSA) is 3.01 Å². The van der Waals surface area contributed by atoms with E-state index in [1.807, 2.05) is 0 Å². The molecule has 1 atom stereocenters. The van der Waals surface area contributed by atoms with Gasteiger partial charge in [0.2, 0.25) is 0 Å². The molecule has 1 aliphatic rings. The molecule has 0 amide bonds. The van der Waals surface area contributed by atoms with Gasteiger partial charge in [-0.05, 0) is 34.6 Å². The van der Waals surface area contributed by atoms with E-state index in [4.69, 9.17) is 0 Å². The Kier molecular flexibility index (Phi) is 6.07. The summed E-state index contributed by atoms with van der Waals surface area (Å²) >= 11 is 0. The number of hydrogen-bond acceptors (Lipinski definition) is 0. The number of benzene rings is 1. The molecule has 0 saturated carbocycles. The van der Waals surface area contributed by atoms with Crippen molar-refractivity contribution in [2.24, 2.45) is 11.8 Å². The highest BCUT2D eigenvalue weighted by Gasteiger charge is 2.32. The van der Waals surface area contributed by atoms with Gasteiger partial charge in [-0.2, -0.15) is 0 Å². The molecule has 0 spiro atoms. The quantitative estimate of drug-likeness (QED) is 0.309. The Hall–Kier alpha value is -1.54. The molecule has 1 unspecified atom stereocenters. The van der Waals surface area contributed by atoms with Crippen LogP contribution in [0.5, 0.6) is 0 Å². The molecule has 1 heterocycles. The van der Waals surface area contributed by atoms with Gasteiger partial charge in [0.1, 0.15) is 12.2 Å². The Labute approximate surface area is 162 Å². The minimum atomic E-state index is -1.44. The van der Waals surface area contributed by atoms with Crippen LogP contribution in [0.4, 0.5) is 0 Å². The Balaban J connectivity index is 2.54. The van der Waals surface area contributed by atoms with Gasteiger partial charge < -0.3 is 0 Å². The van der Waals surface area contributed by atoms with Gasteiger partial charge >= 0.3 is 0 Å². The molecule has 0 fully saturated rings. The highest BCUT2D eigenvalue weighted by Crippen LogP contribution is 2.38. The van der Waals surface area contributed by atoms with Crippen LogP contribution in [0.15, 0.2) is 41.2 Å². The summed E-state index contributed by atoms with van der Waals surface area (Å²) in [5.74, 6) is 1.73. The van der Waals surface area contributed by atoms with E-state index in [-0.39, 0.29) is 0 Å². The van der Waals surface area contributed by atoms with Crippen LogP contribution in [-0.2, 0) is 0 Å². The highest BCUT2D eigenvalue weighted by atomic mass is 28.3. The third kappa shape index (κ3) is 4.23. The standard InChI is InChI=1S/C24H37NSi/c1-16(2)19(6)22-14-23(25(7)15-24(22)26(8,9)10)21-12-11-20(17(3)4)13-18(21)5/h11-17,19H,7H2,1-6,8-10H3. The summed E-state index contributed by atoms with van der Waals surface area (Å²) in [7, 11) is -1.44.